The molecule has 0 aromatic heterocycles. The van der Waals surface area contributed by atoms with Gasteiger partial charge in [0, 0.05) is 19.1 Å². The summed E-state index contributed by atoms with van der Waals surface area (Å²) in [7, 11) is -2.09. The Morgan fingerprint density at radius 2 is 1.68 bits per heavy atom. The van der Waals surface area contributed by atoms with Crippen LogP contribution < -0.4 is 18.9 Å². The lowest BCUT2D eigenvalue weighted by Crippen LogP contribution is -2.47. The van der Waals surface area contributed by atoms with Crippen LogP contribution in [0.15, 0.2) is 53.4 Å². The van der Waals surface area contributed by atoms with Crippen molar-refractivity contribution in [3.8, 4) is 17.2 Å². The average Bonchev–Trinajstić information content (AvgIpc) is 2.78. The fourth-order valence-corrected chi connectivity index (χ4v) is 4.69. The van der Waals surface area contributed by atoms with Gasteiger partial charge in [0.15, 0.2) is 18.1 Å². The molecule has 3 rings (SSSR count). The van der Waals surface area contributed by atoms with Crippen molar-refractivity contribution in [1.82, 2.24) is 9.62 Å². The minimum Gasteiger partial charge on any atom is -0.494 e. The van der Waals surface area contributed by atoms with Gasteiger partial charge in [0.25, 0.3) is 5.91 Å². The molecule has 0 bridgehead atoms. The lowest BCUT2D eigenvalue weighted by atomic mass is 10.1. The Balaban J connectivity index is 1.49. The van der Waals surface area contributed by atoms with Gasteiger partial charge in [-0.05, 0) is 56.2 Å². The third-order valence-corrected chi connectivity index (χ3v) is 6.57. The van der Waals surface area contributed by atoms with E-state index in [0.29, 0.717) is 49.8 Å². The first-order valence-electron chi connectivity index (χ1n) is 10.2. The predicted octanol–water partition coefficient (Wildman–Crippen LogP) is 2.44. The molecule has 1 aliphatic heterocycles. The van der Waals surface area contributed by atoms with Crippen molar-refractivity contribution in [3.63, 3.8) is 0 Å². The molecule has 1 N–H and O–H groups in total. The molecule has 8 nitrogen and oxygen atoms in total. The van der Waals surface area contributed by atoms with E-state index in [2.05, 4.69) is 4.72 Å². The highest BCUT2D eigenvalue weighted by molar-refractivity contribution is 7.89. The van der Waals surface area contributed by atoms with Gasteiger partial charge >= 0.3 is 0 Å². The zero-order chi connectivity index (χ0) is 22.3. The van der Waals surface area contributed by atoms with Crippen molar-refractivity contribution < 1.29 is 27.4 Å². The molecule has 9 heteroatoms. The van der Waals surface area contributed by atoms with Gasteiger partial charge in [-0.3, -0.25) is 4.79 Å². The van der Waals surface area contributed by atoms with E-state index in [9.17, 15) is 13.2 Å². The minimum atomic E-state index is -3.63. The summed E-state index contributed by atoms with van der Waals surface area (Å²) in [5.74, 6) is 1.57. The molecule has 0 spiro atoms. The van der Waals surface area contributed by atoms with Crippen LogP contribution in [0.5, 0.6) is 17.2 Å². The molecule has 1 amide bonds. The van der Waals surface area contributed by atoms with Gasteiger partial charge in [0.05, 0.1) is 18.6 Å². The summed E-state index contributed by atoms with van der Waals surface area (Å²) >= 11 is 0. The third-order valence-electron chi connectivity index (χ3n) is 5.03. The normalized spacial score (nSPS) is 14.8. The number of nitrogens with one attached hydrogen (secondary N) is 1. The molecule has 1 aliphatic rings. The molecule has 0 radical (unpaired) electrons. The first-order valence-corrected chi connectivity index (χ1v) is 11.7. The van der Waals surface area contributed by atoms with Crippen molar-refractivity contribution in [1.29, 1.82) is 0 Å². The summed E-state index contributed by atoms with van der Waals surface area (Å²) in [4.78, 5) is 14.4. The predicted molar refractivity (Wildman–Crippen MR) is 116 cm³/mol. The standard InChI is InChI=1S/C22H28N2O6S/c1-3-29-18-8-10-19(11-9-18)31(26,27)23-17-12-14-24(15-13-17)22(25)16-30-21-7-5-4-6-20(21)28-2/h4-11,17,23H,3,12-16H2,1-2H3. The van der Waals surface area contributed by atoms with Gasteiger partial charge in [-0.15, -0.1) is 0 Å². The molecule has 31 heavy (non-hydrogen) atoms. The molecule has 0 unspecified atom stereocenters. The number of sulfonamides is 1. The van der Waals surface area contributed by atoms with E-state index in [1.807, 2.05) is 19.1 Å². The van der Waals surface area contributed by atoms with Gasteiger partial charge in [0.2, 0.25) is 10.0 Å². The summed E-state index contributed by atoms with van der Waals surface area (Å²) in [6.07, 6.45) is 1.08. The summed E-state index contributed by atoms with van der Waals surface area (Å²) in [6, 6.07) is 13.3. The number of carbonyl (C=O) groups excluding carboxylic acids is 1. The first-order chi connectivity index (χ1) is 14.9. The van der Waals surface area contributed by atoms with Crippen LogP contribution in [0.25, 0.3) is 0 Å². The number of amides is 1. The number of piperidine rings is 1. The number of benzene rings is 2. The van der Waals surface area contributed by atoms with Gasteiger partial charge in [0.1, 0.15) is 5.75 Å². The zero-order valence-corrected chi connectivity index (χ0v) is 18.6. The Morgan fingerprint density at radius 3 is 2.29 bits per heavy atom. The van der Waals surface area contributed by atoms with Crippen LogP contribution >= 0.6 is 0 Å². The SMILES string of the molecule is CCOc1ccc(S(=O)(=O)NC2CCN(C(=O)COc3ccccc3OC)CC2)cc1. The highest BCUT2D eigenvalue weighted by atomic mass is 32.2. The molecule has 1 fully saturated rings. The van der Waals surface area contributed by atoms with E-state index in [1.54, 1.807) is 36.3 Å². The Bertz CT molecular complexity index is 970. The van der Waals surface area contributed by atoms with Crippen molar-refractivity contribution in [3.05, 3.63) is 48.5 Å². The van der Waals surface area contributed by atoms with E-state index >= 15 is 0 Å². The fraction of sp³-hybridized carbons (Fsp3) is 0.409. The van der Waals surface area contributed by atoms with Crippen LogP contribution in [0.1, 0.15) is 19.8 Å². The lowest BCUT2D eigenvalue weighted by molar-refractivity contribution is -0.134. The lowest BCUT2D eigenvalue weighted by Gasteiger charge is -2.32. The maximum Gasteiger partial charge on any atom is 0.260 e. The molecule has 2 aromatic carbocycles. The molecule has 0 aliphatic carbocycles. The van der Waals surface area contributed by atoms with Gasteiger partial charge in [-0.1, -0.05) is 12.1 Å². The summed E-state index contributed by atoms with van der Waals surface area (Å²) in [5, 5.41) is 0. The van der Waals surface area contributed by atoms with E-state index < -0.39 is 10.0 Å². The van der Waals surface area contributed by atoms with E-state index in [-0.39, 0.29) is 23.5 Å². The number of likely N-dealkylation sites (tertiary alicyclic amines) is 1. The first kappa shape index (κ1) is 22.9. The number of hydrogen-bond donors (Lipinski definition) is 1. The Morgan fingerprint density at radius 1 is 1.03 bits per heavy atom. The molecular formula is C22H28N2O6S. The molecular weight excluding hydrogens is 420 g/mol. The fourth-order valence-electron chi connectivity index (χ4n) is 3.38. The van der Waals surface area contributed by atoms with Crippen molar-refractivity contribution in [2.75, 3.05) is 33.4 Å². The van der Waals surface area contributed by atoms with Crippen molar-refractivity contribution >= 4 is 15.9 Å². The minimum absolute atomic E-state index is 0.0943. The van der Waals surface area contributed by atoms with Crippen LogP contribution in [-0.4, -0.2) is 58.7 Å². The maximum absolute atomic E-state index is 12.6. The number of para-hydroxylation sites is 2. The number of methoxy groups -OCH3 is 1. The summed E-state index contributed by atoms with van der Waals surface area (Å²) in [6.45, 7) is 3.22. The molecule has 1 saturated heterocycles. The second-order valence-corrected chi connectivity index (χ2v) is 8.83. The van der Waals surface area contributed by atoms with Crippen LogP contribution in [0.3, 0.4) is 0 Å². The third kappa shape index (κ3) is 6.11. The average molecular weight is 449 g/mol. The largest absolute Gasteiger partial charge is 0.494 e. The Labute approximate surface area is 183 Å². The second-order valence-electron chi connectivity index (χ2n) is 7.12. The van der Waals surface area contributed by atoms with Crippen LogP contribution in [0.2, 0.25) is 0 Å². The summed E-state index contributed by atoms with van der Waals surface area (Å²) < 4.78 is 44.2. The van der Waals surface area contributed by atoms with Gasteiger partial charge in [-0.2, -0.15) is 0 Å². The van der Waals surface area contributed by atoms with E-state index in [0.717, 1.165) is 0 Å². The number of hydrogen-bond acceptors (Lipinski definition) is 6. The highest BCUT2D eigenvalue weighted by Gasteiger charge is 2.27. The molecule has 0 atom stereocenters. The monoisotopic (exact) mass is 448 g/mol. The number of carbonyl (C=O) groups is 1. The van der Waals surface area contributed by atoms with Crippen molar-refractivity contribution in [2.45, 2.75) is 30.7 Å². The molecule has 2 aromatic rings. The van der Waals surface area contributed by atoms with Crippen molar-refractivity contribution in [2.24, 2.45) is 0 Å². The molecule has 1 heterocycles. The van der Waals surface area contributed by atoms with Crippen LogP contribution in [0, 0.1) is 0 Å². The summed E-state index contributed by atoms with van der Waals surface area (Å²) in [5.41, 5.74) is 0. The highest BCUT2D eigenvalue weighted by Crippen LogP contribution is 2.26. The van der Waals surface area contributed by atoms with Crippen LogP contribution in [-0.2, 0) is 14.8 Å². The molecule has 168 valence electrons. The number of ether oxygens (including phenoxy) is 3. The number of nitrogens with zero attached hydrogens (tertiary/aromatic N) is 1. The van der Waals surface area contributed by atoms with Gasteiger partial charge in [-0.25, -0.2) is 13.1 Å². The quantitative estimate of drug-likeness (QED) is 0.633. The van der Waals surface area contributed by atoms with E-state index in [4.69, 9.17) is 14.2 Å². The Hall–Kier alpha value is -2.78. The zero-order valence-electron chi connectivity index (χ0n) is 17.7. The number of rotatable bonds is 9. The second kappa shape index (κ2) is 10.5. The Kier molecular flexibility index (Phi) is 7.75. The molecule has 0 saturated carbocycles. The van der Waals surface area contributed by atoms with Crippen LogP contribution in [0.4, 0.5) is 0 Å². The topological polar surface area (TPSA) is 94.2 Å². The maximum atomic E-state index is 12.6. The van der Waals surface area contributed by atoms with Gasteiger partial charge < -0.3 is 19.1 Å². The smallest absolute Gasteiger partial charge is 0.260 e. The van der Waals surface area contributed by atoms with E-state index in [1.165, 1.54) is 12.1 Å².